The average molecular weight is 360 g/mol. The second-order valence-electron chi connectivity index (χ2n) is 5.44. The molecule has 0 bridgehead atoms. The maximum atomic E-state index is 12.6. The van der Waals surface area contributed by atoms with Crippen molar-refractivity contribution < 1.29 is 4.79 Å². The summed E-state index contributed by atoms with van der Waals surface area (Å²) in [5.41, 5.74) is 3.13. The van der Waals surface area contributed by atoms with E-state index in [1.807, 2.05) is 30.5 Å². The molecule has 0 atom stereocenters. The average Bonchev–Trinajstić information content (AvgIpc) is 3.10. The number of nitriles is 1. The highest BCUT2D eigenvalue weighted by Crippen LogP contribution is 2.24. The summed E-state index contributed by atoms with van der Waals surface area (Å²) in [5, 5.41) is 14.2. The summed E-state index contributed by atoms with van der Waals surface area (Å²) in [6.07, 6.45) is 1.87. The van der Waals surface area contributed by atoms with E-state index in [0.717, 1.165) is 11.1 Å². The molecule has 1 amide bonds. The number of nitrogens with one attached hydrogen (secondary N) is 2. The van der Waals surface area contributed by atoms with Crippen molar-refractivity contribution in [3.05, 3.63) is 76.7 Å². The summed E-state index contributed by atoms with van der Waals surface area (Å²) in [7, 11) is 0. The fourth-order valence-electron chi connectivity index (χ4n) is 2.46. The molecule has 3 rings (SSSR count). The van der Waals surface area contributed by atoms with Gasteiger partial charge in [-0.1, -0.05) is 42.6 Å². The van der Waals surface area contributed by atoms with Crippen LogP contribution >= 0.6 is 11.8 Å². The van der Waals surface area contributed by atoms with Gasteiger partial charge in [-0.25, -0.2) is 4.98 Å². The molecular formula is C20H16N4OS. The Bertz CT molecular complexity index is 1060. The van der Waals surface area contributed by atoms with Crippen molar-refractivity contribution in [3.63, 3.8) is 0 Å². The molecule has 1 heterocycles. The molecule has 0 saturated heterocycles. The molecule has 0 spiro atoms. The number of rotatable bonds is 5. The van der Waals surface area contributed by atoms with Crippen LogP contribution in [0.1, 0.15) is 22.8 Å². The Hall–Kier alpha value is -3.30. The first kappa shape index (κ1) is 17.5. The number of imidazole rings is 1. The molecule has 26 heavy (non-hydrogen) atoms. The Morgan fingerprint density at radius 1 is 1.35 bits per heavy atom. The SMILES string of the molecule is C=C(NC(=O)c1cccc2[nH]c(-c3cccc(C#N)c3)nc12)S/C=C\C. The fourth-order valence-corrected chi connectivity index (χ4v) is 2.91. The first-order valence-electron chi connectivity index (χ1n) is 7.89. The van der Waals surface area contributed by atoms with E-state index in [1.165, 1.54) is 11.8 Å². The third kappa shape index (κ3) is 3.68. The number of fused-ring (bicyclic) bond motifs is 1. The number of benzene rings is 2. The number of amides is 1. The highest BCUT2D eigenvalue weighted by Gasteiger charge is 2.15. The number of thioether (sulfide) groups is 1. The minimum absolute atomic E-state index is 0.263. The highest BCUT2D eigenvalue weighted by atomic mass is 32.2. The number of carbonyl (C=O) groups is 1. The minimum Gasteiger partial charge on any atom is -0.338 e. The molecule has 6 heteroatoms. The van der Waals surface area contributed by atoms with Crippen molar-refractivity contribution in [1.29, 1.82) is 5.26 Å². The Balaban J connectivity index is 1.95. The van der Waals surface area contributed by atoms with E-state index in [-0.39, 0.29) is 5.91 Å². The number of nitrogens with zero attached hydrogens (tertiary/aromatic N) is 2. The van der Waals surface area contributed by atoms with Gasteiger partial charge in [-0.05, 0) is 36.6 Å². The Kier molecular flexibility index (Phi) is 5.20. The number of hydrogen-bond donors (Lipinski definition) is 2. The van der Waals surface area contributed by atoms with Crippen molar-refractivity contribution in [2.24, 2.45) is 0 Å². The molecule has 3 aromatic rings. The lowest BCUT2D eigenvalue weighted by Gasteiger charge is -2.06. The highest BCUT2D eigenvalue weighted by molar-refractivity contribution is 8.05. The van der Waals surface area contributed by atoms with Crippen LogP contribution in [0.3, 0.4) is 0 Å². The Morgan fingerprint density at radius 3 is 2.92 bits per heavy atom. The minimum atomic E-state index is -0.263. The summed E-state index contributed by atoms with van der Waals surface area (Å²) < 4.78 is 0. The molecule has 2 N–H and O–H groups in total. The van der Waals surface area contributed by atoms with E-state index >= 15 is 0 Å². The lowest BCUT2D eigenvalue weighted by atomic mass is 10.1. The van der Waals surface area contributed by atoms with Gasteiger partial charge in [-0.2, -0.15) is 5.26 Å². The maximum absolute atomic E-state index is 12.6. The van der Waals surface area contributed by atoms with Gasteiger partial charge >= 0.3 is 0 Å². The third-order valence-electron chi connectivity index (χ3n) is 3.62. The van der Waals surface area contributed by atoms with Crippen molar-refractivity contribution in [2.45, 2.75) is 6.92 Å². The van der Waals surface area contributed by atoms with Crippen LogP contribution in [0.2, 0.25) is 0 Å². The monoisotopic (exact) mass is 360 g/mol. The zero-order chi connectivity index (χ0) is 18.5. The van der Waals surface area contributed by atoms with Gasteiger partial charge in [0.05, 0.1) is 27.7 Å². The number of aromatic nitrogens is 2. The maximum Gasteiger partial charge on any atom is 0.258 e. The second-order valence-corrected chi connectivity index (χ2v) is 6.44. The van der Waals surface area contributed by atoms with Crippen molar-refractivity contribution >= 4 is 28.7 Å². The van der Waals surface area contributed by atoms with E-state index in [0.29, 0.717) is 27.5 Å². The quantitative estimate of drug-likeness (QED) is 0.698. The zero-order valence-electron chi connectivity index (χ0n) is 14.1. The molecule has 5 nitrogen and oxygen atoms in total. The summed E-state index contributed by atoms with van der Waals surface area (Å²) in [6.45, 7) is 5.73. The van der Waals surface area contributed by atoms with Crippen LogP contribution < -0.4 is 5.32 Å². The summed E-state index contributed by atoms with van der Waals surface area (Å²) >= 11 is 1.35. The molecule has 128 valence electrons. The fraction of sp³-hybridized carbons (Fsp3) is 0.0500. The van der Waals surface area contributed by atoms with Gasteiger partial charge in [0.2, 0.25) is 0 Å². The van der Waals surface area contributed by atoms with E-state index in [9.17, 15) is 4.79 Å². The van der Waals surface area contributed by atoms with Gasteiger partial charge in [-0.15, -0.1) is 0 Å². The number of H-pyrrole nitrogens is 1. The third-order valence-corrected chi connectivity index (χ3v) is 4.42. The van der Waals surface area contributed by atoms with E-state index in [1.54, 1.807) is 30.3 Å². The van der Waals surface area contributed by atoms with Gasteiger partial charge in [-0.3, -0.25) is 4.79 Å². The number of hydrogen-bond acceptors (Lipinski definition) is 4. The molecule has 2 aromatic carbocycles. The van der Waals surface area contributed by atoms with Crippen LogP contribution in [0, 0.1) is 11.3 Å². The standard InChI is InChI=1S/C20H16N4OS/c1-3-10-26-13(2)22-20(25)16-8-5-9-17-18(16)24-19(23-17)15-7-4-6-14(11-15)12-21/h3-11H,2H2,1H3,(H,22,25)(H,23,24)/b10-3-. The van der Waals surface area contributed by atoms with Gasteiger partial charge < -0.3 is 10.3 Å². The van der Waals surface area contributed by atoms with Crippen LogP contribution in [-0.2, 0) is 0 Å². The van der Waals surface area contributed by atoms with Gasteiger partial charge in [0.15, 0.2) is 0 Å². The molecule has 0 aliphatic rings. The van der Waals surface area contributed by atoms with Crippen molar-refractivity contribution in [3.8, 4) is 17.5 Å². The Labute approximate surface area is 155 Å². The van der Waals surface area contributed by atoms with Crippen LogP contribution in [0.15, 0.2) is 65.6 Å². The van der Waals surface area contributed by atoms with Gasteiger partial charge in [0.1, 0.15) is 11.3 Å². The predicted octanol–water partition coefficient (Wildman–Crippen LogP) is 4.57. The second kappa shape index (κ2) is 7.72. The molecule has 0 aliphatic carbocycles. The normalized spacial score (nSPS) is 10.8. The lowest BCUT2D eigenvalue weighted by Crippen LogP contribution is -2.20. The largest absolute Gasteiger partial charge is 0.338 e. The first-order valence-corrected chi connectivity index (χ1v) is 8.77. The van der Waals surface area contributed by atoms with E-state index in [4.69, 9.17) is 5.26 Å². The smallest absolute Gasteiger partial charge is 0.258 e. The molecule has 1 aromatic heterocycles. The van der Waals surface area contributed by atoms with Crippen LogP contribution in [0.25, 0.3) is 22.4 Å². The van der Waals surface area contributed by atoms with Crippen LogP contribution in [-0.4, -0.2) is 15.9 Å². The van der Waals surface area contributed by atoms with Gasteiger partial charge in [0, 0.05) is 5.56 Å². The number of allylic oxidation sites excluding steroid dienone is 1. The summed E-state index contributed by atoms with van der Waals surface area (Å²) in [6, 6.07) is 14.7. The molecule has 0 fully saturated rings. The van der Waals surface area contributed by atoms with E-state index in [2.05, 4.69) is 27.9 Å². The lowest BCUT2D eigenvalue weighted by molar-refractivity contribution is 0.0970. The first-order chi connectivity index (χ1) is 12.6. The zero-order valence-corrected chi connectivity index (χ0v) is 14.9. The number of carbonyl (C=O) groups excluding carboxylic acids is 1. The van der Waals surface area contributed by atoms with Gasteiger partial charge in [0.25, 0.3) is 5.91 Å². The van der Waals surface area contributed by atoms with Crippen molar-refractivity contribution in [2.75, 3.05) is 0 Å². The predicted molar refractivity (Wildman–Crippen MR) is 105 cm³/mol. The molecular weight excluding hydrogens is 344 g/mol. The Morgan fingerprint density at radius 2 is 2.15 bits per heavy atom. The molecule has 0 aliphatic heterocycles. The number of para-hydroxylation sites is 1. The van der Waals surface area contributed by atoms with Crippen molar-refractivity contribution in [1.82, 2.24) is 15.3 Å². The van der Waals surface area contributed by atoms with E-state index < -0.39 is 0 Å². The van der Waals surface area contributed by atoms with Crippen LogP contribution in [0.4, 0.5) is 0 Å². The summed E-state index contributed by atoms with van der Waals surface area (Å²) in [4.78, 5) is 20.4. The molecule has 0 saturated carbocycles. The van der Waals surface area contributed by atoms with Crippen LogP contribution in [0.5, 0.6) is 0 Å². The topological polar surface area (TPSA) is 81.6 Å². The summed E-state index contributed by atoms with van der Waals surface area (Å²) in [5.74, 6) is 0.348. The number of aromatic amines is 1. The molecule has 0 unspecified atom stereocenters. The molecule has 0 radical (unpaired) electrons.